The fraction of sp³-hybridized carbons (Fsp3) is 0.500. The summed E-state index contributed by atoms with van der Waals surface area (Å²) in [6.07, 6.45) is 7.71. The van der Waals surface area contributed by atoms with E-state index in [1.54, 1.807) is 11.9 Å². The van der Waals surface area contributed by atoms with Gasteiger partial charge in [0.2, 0.25) is 9.84 Å². The largest absolute Gasteiger partial charge is 0.358 e. The summed E-state index contributed by atoms with van der Waals surface area (Å²) in [5.41, 5.74) is 7.89. The Morgan fingerprint density at radius 2 is 1.92 bits per heavy atom. The van der Waals surface area contributed by atoms with Crippen molar-refractivity contribution in [3.05, 3.63) is 35.7 Å². The van der Waals surface area contributed by atoms with Gasteiger partial charge in [-0.05, 0) is 36.8 Å². The number of nitrogens with two attached hydrogens (primary N) is 1. The summed E-state index contributed by atoms with van der Waals surface area (Å²) in [6.45, 7) is 8.59. The summed E-state index contributed by atoms with van der Waals surface area (Å²) in [5.74, 6) is 0.958. The van der Waals surface area contributed by atoms with Crippen LogP contribution in [-0.4, -0.2) is 59.5 Å². The zero-order valence-electron chi connectivity index (χ0n) is 22.9. The maximum atomic E-state index is 12.3. The van der Waals surface area contributed by atoms with Crippen LogP contribution < -0.4 is 16.0 Å². The summed E-state index contributed by atoms with van der Waals surface area (Å²) >= 11 is 0. The van der Waals surface area contributed by atoms with Crippen LogP contribution >= 0.6 is 0 Å². The highest BCUT2D eigenvalue weighted by Crippen LogP contribution is 2.31. The van der Waals surface area contributed by atoms with Gasteiger partial charge in [-0.25, -0.2) is 13.4 Å². The number of hydrogen-bond acceptors (Lipinski definition) is 10. The molecule has 0 amide bonds. The molecule has 1 aliphatic rings. The van der Waals surface area contributed by atoms with E-state index in [2.05, 4.69) is 36.5 Å². The fourth-order valence-electron chi connectivity index (χ4n) is 4.18. The van der Waals surface area contributed by atoms with Gasteiger partial charge < -0.3 is 16.0 Å². The van der Waals surface area contributed by atoms with Crippen LogP contribution in [0.5, 0.6) is 0 Å². The highest BCUT2D eigenvalue weighted by Gasteiger charge is 2.25. The first-order valence-corrected chi connectivity index (χ1v) is 14.4. The molecule has 3 aromatic rings. The fourth-order valence-corrected chi connectivity index (χ4v) is 4.69. The van der Waals surface area contributed by atoms with Gasteiger partial charge in [0.15, 0.2) is 17.5 Å². The number of aryl methyl sites for hydroxylation is 1. The van der Waals surface area contributed by atoms with Crippen molar-refractivity contribution in [3.63, 3.8) is 0 Å². The topological polar surface area (TPSA) is 167 Å². The maximum Gasteiger partial charge on any atom is 0.250 e. The number of rotatable bonds is 6. The van der Waals surface area contributed by atoms with Crippen LogP contribution in [0.25, 0.3) is 11.4 Å². The van der Waals surface area contributed by atoms with Crippen LogP contribution in [0, 0.1) is 23.7 Å². The third kappa shape index (κ3) is 7.72. The van der Waals surface area contributed by atoms with Gasteiger partial charge in [-0.1, -0.05) is 45.7 Å². The number of H-pyrrole nitrogens is 1. The van der Waals surface area contributed by atoms with E-state index in [1.807, 2.05) is 45.9 Å². The normalized spacial score (nSPS) is 13.9. The van der Waals surface area contributed by atoms with Crippen molar-refractivity contribution in [3.8, 4) is 17.5 Å². The van der Waals surface area contributed by atoms with E-state index in [9.17, 15) is 13.7 Å². The molecule has 0 unspecified atom stereocenters. The van der Waals surface area contributed by atoms with E-state index in [4.69, 9.17) is 5.73 Å². The number of aromatic amines is 1. The summed E-state index contributed by atoms with van der Waals surface area (Å²) in [4.78, 5) is 14.3. The number of nitrogens with zero attached hydrogens (tertiary/aromatic N) is 6. The lowest BCUT2D eigenvalue weighted by Gasteiger charge is -2.28. The molecular formula is C26H37N9O2S. The molecule has 0 spiro atoms. The smallest absolute Gasteiger partial charge is 0.250 e. The molecule has 204 valence electrons. The van der Waals surface area contributed by atoms with Crippen molar-refractivity contribution in [1.82, 2.24) is 25.1 Å². The van der Waals surface area contributed by atoms with Crippen LogP contribution in [-0.2, 0) is 9.84 Å². The van der Waals surface area contributed by atoms with Crippen molar-refractivity contribution >= 4 is 27.2 Å². The Bertz CT molecular complexity index is 1390. The van der Waals surface area contributed by atoms with Crippen molar-refractivity contribution in [2.24, 2.45) is 11.1 Å². The highest BCUT2D eigenvalue weighted by atomic mass is 32.2. The quantitative estimate of drug-likeness (QED) is 0.390. The Morgan fingerprint density at radius 1 is 1.24 bits per heavy atom. The van der Waals surface area contributed by atoms with Crippen molar-refractivity contribution in [2.45, 2.75) is 64.6 Å². The van der Waals surface area contributed by atoms with E-state index in [1.165, 1.54) is 32.0 Å². The van der Waals surface area contributed by atoms with Crippen molar-refractivity contribution < 1.29 is 8.42 Å². The molecule has 1 fully saturated rings. The van der Waals surface area contributed by atoms with Gasteiger partial charge in [-0.15, -0.1) is 0 Å². The first-order valence-electron chi connectivity index (χ1n) is 12.5. The second kappa shape index (κ2) is 11.9. The van der Waals surface area contributed by atoms with Crippen LogP contribution in [0.2, 0.25) is 0 Å². The lowest BCUT2D eigenvalue weighted by molar-refractivity contribution is 0.417. The third-order valence-corrected chi connectivity index (χ3v) is 6.81. The number of hydrogen-bond donors (Lipinski definition) is 3. The zero-order chi connectivity index (χ0) is 28.1. The van der Waals surface area contributed by atoms with Crippen LogP contribution in [0.3, 0.4) is 0 Å². The van der Waals surface area contributed by atoms with Gasteiger partial charge in [0, 0.05) is 37.1 Å². The van der Waals surface area contributed by atoms with Crippen LogP contribution in [0.4, 0.5) is 17.3 Å². The van der Waals surface area contributed by atoms with Gasteiger partial charge in [0.05, 0.1) is 0 Å². The molecule has 2 aromatic heterocycles. The zero-order valence-corrected chi connectivity index (χ0v) is 23.7. The van der Waals surface area contributed by atoms with E-state index in [-0.39, 0.29) is 27.8 Å². The number of nitriles is 1. The SMILES string of the molecule is Cc1ccc(-c2ncn[nH]2)cc1Nc1nc(S(C)(=O)=O)nc(N(C)CC(C)(C)C)c1C#N.NC1CCCC1. The average molecular weight is 540 g/mol. The molecule has 0 saturated heterocycles. The summed E-state index contributed by atoms with van der Waals surface area (Å²) < 4.78 is 24.6. The Morgan fingerprint density at radius 3 is 2.42 bits per heavy atom. The summed E-state index contributed by atoms with van der Waals surface area (Å²) in [5, 5.41) is 19.4. The first-order chi connectivity index (χ1) is 17.8. The van der Waals surface area contributed by atoms with Gasteiger partial charge >= 0.3 is 0 Å². The molecule has 12 heteroatoms. The number of anilines is 3. The third-order valence-electron chi connectivity index (χ3n) is 5.96. The number of nitrogens with one attached hydrogen (secondary N) is 2. The summed E-state index contributed by atoms with van der Waals surface area (Å²) in [6, 6.07) is 8.29. The van der Waals surface area contributed by atoms with Gasteiger partial charge in [0.1, 0.15) is 18.0 Å². The predicted molar refractivity (Wildman–Crippen MR) is 149 cm³/mol. The van der Waals surface area contributed by atoms with Gasteiger partial charge in [-0.2, -0.15) is 20.3 Å². The Labute approximate surface area is 224 Å². The number of benzene rings is 1. The second-order valence-corrected chi connectivity index (χ2v) is 12.8. The second-order valence-electron chi connectivity index (χ2n) is 10.9. The lowest BCUT2D eigenvalue weighted by Crippen LogP contribution is -2.31. The predicted octanol–water partition coefficient (Wildman–Crippen LogP) is 3.96. The number of aromatic nitrogens is 5. The Hall–Kier alpha value is -3.56. The molecule has 4 N–H and O–H groups in total. The van der Waals surface area contributed by atoms with E-state index in [0.29, 0.717) is 24.1 Å². The van der Waals surface area contributed by atoms with E-state index in [0.717, 1.165) is 17.4 Å². The average Bonchev–Trinajstić information content (AvgIpc) is 3.53. The lowest BCUT2D eigenvalue weighted by atomic mass is 9.96. The monoisotopic (exact) mass is 539 g/mol. The van der Waals surface area contributed by atoms with Crippen molar-refractivity contribution in [2.75, 3.05) is 30.1 Å². The Kier molecular flexibility index (Phi) is 9.06. The molecule has 11 nitrogen and oxygen atoms in total. The first kappa shape index (κ1) is 29.0. The standard InChI is InChI=1S/C21H26N8O2S.C5H11N/c1-13-7-8-14(17-23-12-24-28-17)9-16(13)25-18-15(10-22)19(29(5)11-21(2,3)4)27-20(26-18)32(6,30)31;6-5-3-1-2-4-5/h7-9,12H,11H2,1-6H3,(H,23,24,28)(H,25,26,27);5H,1-4,6H2. The molecule has 1 saturated carbocycles. The maximum absolute atomic E-state index is 12.3. The van der Waals surface area contributed by atoms with E-state index < -0.39 is 9.84 Å². The van der Waals surface area contributed by atoms with Gasteiger partial charge in [-0.3, -0.25) is 5.10 Å². The van der Waals surface area contributed by atoms with E-state index >= 15 is 0 Å². The minimum atomic E-state index is -3.72. The minimum Gasteiger partial charge on any atom is -0.358 e. The molecule has 38 heavy (non-hydrogen) atoms. The molecule has 4 rings (SSSR count). The van der Waals surface area contributed by atoms with Crippen LogP contribution in [0.1, 0.15) is 57.6 Å². The highest BCUT2D eigenvalue weighted by molar-refractivity contribution is 7.90. The summed E-state index contributed by atoms with van der Waals surface area (Å²) in [7, 11) is -1.94. The molecule has 0 aliphatic heterocycles. The minimum absolute atomic E-state index is 0.104. The number of sulfone groups is 1. The molecule has 0 radical (unpaired) electrons. The molecular weight excluding hydrogens is 502 g/mol. The van der Waals surface area contributed by atoms with Crippen molar-refractivity contribution in [1.29, 1.82) is 5.26 Å². The molecule has 1 aliphatic carbocycles. The van der Waals surface area contributed by atoms with Gasteiger partial charge in [0.25, 0.3) is 5.16 Å². The molecule has 2 heterocycles. The Balaban J connectivity index is 0.000000585. The molecule has 1 aromatic carbocycles. The molecule has 0 atom stereocenters. The molecule has 0 bridgehead atoms. The van der Waals surface area contributed by atoms with Crippen LogP contribution in [0.15, 0.2) is 29.7 Å².